The molecule has 17 heteroatoms. The normalized spacial score (nSPS) is 13.2. The van der Waals surface area contributed by atoms with Gasteiger partial charge in [0.1, 0.15) is 24.3 Å². The van der Waals surface area contributed by atoms with Gasteiger partial charge in [0.2, 0.25) is 5.91 Å². The lowest BCUT2D eigenvalue weighted by molar-refractivity contribution is -0.159. The van der Waals surface area contributed by atoms with Crippen LogP contribution in [0.3, 0.4) is 0 Å². The van der Waals surface area contributed by atoms with Crippen molar-refractivity contribution >= 4 is 52.7 Å². The summed E-state index contributed by atoms with van der Waals surface area (Å²) >= 11 is 0. The first-order valence-corrected chi connectivity index (χ1v) is 19.5. The number of carbonyl (C=O) groups excluding carboxylic acids is 6. The lowest BCUT2D eigenvalue weighted by Gasteiger charge is -2.30. The summed E-state index contributed by atoms with van der Waals surface area (Å²) in [4.78, 5) is 97.3. The van der Waals surface area contributed by atoms with Crippen molar-refractivity contribution in [1.82, 2.24) is 25.8 Å². The molecular weight excluding hydrogens is 775 g/mol. The molecule has 9 N–H and O–H groups in total. The molecule has 0 aliphatic rings. The van der Waals surface area contributed by atoms with E-state index < -0.39 is 78.0 Å². The van der Waals surface area contributed by atoms with Gasteiger partial charge in [-0.2, -0.15) is 0 Å². The minimum absolute atomic E-state index is 0.0661. The molecule has 4 aromatic rings. The summed E-state index contributed by atoms with van der Waals surface area (Å²) in [7, 11) is 0. The topological polar surface area (TPSA) is 265 Å². The molecule has 0 radical (unpaired) electrons. The fourth-order valence-corrected chi connectivity index (χ4v) is 6.17. The molecular formula is C43H53N7O10. The van der Waals surface area contributed by atoms with Gasteiger partial charge in [0.05, 0.1) is 18.5 Å². The van der Waals surface area contributed by atoms with Gasteiger partial charge in [-0.1, -0.05) is 78.9 Å². The minimum atomic E-state index is -1.96. The van der Waals surface area contributed by atoms with E-state index in [0.29, 0.717) is 34.9 Å². The van der Waals surface area contributed by atoms with E-state index in [4.69, 9.17) is 20.9 Å². The van der Waals surface area contributed by atoms with Gasteiger partial charge in [-0.3, -0.25) is 24.0 Å². The number of benzene rings is 3. The predicted octanol–water partition coefficient (Wildman–Crippen LogP) is 3.44. The summed E-state index contributed by atoms with van der Waals surface area (Å²) in [5.41, 5.74) is 14.1. The Morgan fingerprint density at radius 1 is 0.733 bits per heavy atom. The number of para-hydroxylation sites is 1. The highest BCUT2D eigenvalue weighted by atomic mass is 16.6. The smallest absolute Gasteiger partial charge is 0.408 e. The zero-order valence-electron chi connectivity index (χ0n) is 33.8. The highest BCUT2D eigenvalue weighted by molar-refractivity contribution is 6.16. The maximum atomic E-state index is 14.6. The summed E-state index contributed by atoms with van der Waals surface area (Å²) in [6, 6.07) is 18.5. The van der Waals surface area contributed by atoms with E-state index in [1.807, 2.05) is 30.3 Å². The number of aromatic nitrogens is 1. The van der Waals surface area contributed by atoms with Crippen LogP contribution in [-0.2, 0) is 52.9 Å². The van der Waals surface area contributed by atoms with Crippen molar-refractivity contribution in [2.75, 3.05) is 6.54 Å². The first-order chi connectivity index (χ1) is 28.5. The molecule has 0 aliphatic carbocycles. The van der Waals surface area contributed by atoms with E-state index in [1.165, 1.54) is 0 Å². The third-order valence-corrected chi connectivity index (χ3v) is 9.12. The highest BCUT2D eigenvalue weighted by Gasteiger charge is 2.42. The summed E-state index contributed by atoms with van der Waals surface area (Å²) < 4.78 is 10.6. The van der Waals surface area contributed by atoms with Crippen molar-refractivity contribution in [3.05, 3.63) is 108 Å². The molecule has 320 valence electrons. The molecule has 0 saturated heterocycles. The van der Waals surface area contributed by atoms with Crippen molar-refractivity contribution in [2.24, 2.45) is 11.5 Å². The molecule has 6 amide bonds. The van der Waals surface area contributed by atoms with Gasteiger partial charge in [-0.15, -0.1) is 0 Å². The Labute approximate surface area is 347 Å². The standard InChI is InChI=1S/C43H53N7O10/c1-43(2,3)60-42(58)49-34(23-29-25-47-33-20-11-10-18-30(29)33)39(55)50(38(54)32(45)22-27-14-6-4-7-15-27)40(56)35(24-36(51)52)48-37(53)31(44)19-12-13-21-46-41(57)59-26-28-16-8-5-9-17-28/h4-11,14-18,20,25,31-32,34-35,47H,12-13,19,21-24,26,44-45H2,1-3H3,(H,46,57)(H,48,53)(H,49,58)(H,51,52). The maximum Gasteiger partial charge on any atom is 0.408 e. The number of carbonyl (C=O) groups is 7. The average Bonchev–Trinajstić information content (AvgIpc) is 3.61. The van der Waals surface area contributed by atoms with Crippen LogP contribution in [0, 0.1) is 0 Å². The number of hydrogen-bond donors (Lipinski definition) is 7. The molecule has 3 aromatic carbocycles. The Kier molecular flexibility index (Phi) is 16.9. The van der Waals surface area contributed by atoms with Crippen LogP contribution in [0.5, 0.6) is 0 Å². The number of nitrogens with one attached hydrogen (secondary N) is 4. The number of rotatable bonds is 19. The van der Waals surface area contributed by atoms with Gasteiger partial charge >= 0.3 is 18.2 Å². The first kappa shape index (κ1) is 46.1. The largest absolute Gasteiger partial charge is 0.481 e. The molecule has 0 fully saturated rings. The highest BCUT2D eigenvalue weighted by Crippen LogP contribution is 2.21. The van der Waals surface area contributed by atoms with Crippen LogP contribution < -0.4 is 27.4 Å². The number of nitrogens with two attached hydrogens (primary N) is 2. The fraction of sp³-hybridized carbons (Fsp3) is 0.372. The lowest BCUT2D eigenvalue weighted by atomic mass is 10.0. The van der Waals surface area contributed by atoms with Gasteiger partial charge in [-0.25, -0.2) is 14.5 Å². The number of amides is 6. The van der Waals surface area contributed by atoms with Crippen molar-refractivity contribution in [1.29, 1.82) is 0 Å². The molecule has 0 bridgehead atoms. The first-order valence-electron chi connectivity index (χ1n) is 19.5. The van der Waals surface area contributed by atoms with Crippen LogP contribution in [0.1, 0.15) is 63.1 Å². The van der Waals surface area contributed by atoms with Gasteiger partial charge in [0.25, 0.3) is 17.7 Å². The van der Waals surface area contributed by atoms with E-state index in [9.17, 15) is 38.7 Å². The third kappa shape index (κ3) is 14.4. The van der Waals surface area contributed by atoms with Crippen molar-refractivity contribution in [2.45, 2.75) is 95.7 Å². The number of fused-ring (bicyclic) bond motifs is 1. The molecule has 0 spiro atoms. The second kappa shape index (κ2) is 22.0. The van der Waals surface area contributed by atoms with Crippen LogP contribution in [0.4, 0.5) is 9.59 Å². The van der Waals surface area contributed by atoms with E-state index >= 15 is 0 Å². The van der Waals surface area contributed by atoms with Crippen LogP contribution in [-0.4, -0.2) is 93.1 Å². The number of alkyl carbamates (subject to hydrolysis) is 2. The minimum Gasteiger partial charge on any atom is -0.481 e. The zero-order chi connectivity index (χ0) is 43.8. The second-order valence-corrected chi connectivity index (χ2v) is 15.2. The van der Waals surface area contributed by atoms with Crippen LogP contribution in [0.25, 0.3) is 10.9 Å². The van der Waals surface area contributed by atoms with Crippen molar-refractivity contribution in [3.8, 4) is 0 Å². The van der Waals surface area contributed by atoms with E-state index in [-0.39, 0.29) is 37.3 Å². The van der Waals surface area contributed by atoms with E-state index in [1.54, 1.807) is 81.6 Å². The number of nitrogens with zero attached hydrogens (tertiary/aromatic N) is 1. The van der Waals surface area contributed by atoms with Crippen molar-refractivity contribution in [3.63, 3.8) is 0 Å². The van der Waals surface area contributed by atoms with Gasteiger partial charge in [-0.05, 0) is 69.2 Å². The summed E-state index contributed by atoms with van der Waals surface area (Å²) in [5.74, 6) is -6.31. The Hall–Kier alpha value is -6.59. The van der Waals surface area contributed by atoms with Crippen LogP contribution in [0.2, 0.25) is 0 Å². The van der Waals surface area contributed by atoms with Crippen LogP contribution in [0.15, 0.2) is 91.1 Å². The molecule has 4 unspecified atom stereocenters. The third-order valence-electron chi connectivity index (χ3n) is 9.12. The number of unbranched alkanes of at least 4 members (excludes halogenated alkanes) is 1. The van der Waals surface area contributed by atoms with Gasteiger partial charge < -0.3 is 47.0 Å². The molecule has 60 heavy (non-hydrogen) atoms. The SMILES string of the molecule is CC(C)(C)OC(=O)NC(Cc1c[nH]c2ccccc12)C(=O)N(C(=O)C(N)Cc1ccccc1)C(=O)C(CC(=O)O)NC(=O)C(N)CCCCNC(=O)OCc1ccccc1. The Bertz CT molecular complexity index is 2100. The predicted molar refractivity (Wildman–Crippen MR) is 221 cm³/mol. The Morgan fingerprint density at radius 2 is 1.35 bits per heavy atom. The molecule has 4 rings (SSSR count). The van der Waals surface area contributed by atoms with Gasteiger partial charge in [0, 0.05) is 30.1 Å². The molecule has 1 aromatic heterocycles. The maximum absolute atomic E-state index is 14.6. The van der Waals surface area contributed by atoms with Crippen LogP contribution >= 0.6 is 0 Å². The number of carboxylic acid groups (broad SMARTS) is 1. The Balaban J connectivity index is 1.54. The van der Waals surface area contributed by atoms with Crippen molar-refractivity contribution < 1.29 is 48.1 Å². The fourth-order valence-electron chi connectivity index (χ4n) is 6.17. The second-order valence-electron chi connectivity index (χ2n) is 15.2. The number of ether oxygens (including phenoxy) is 2. The number of hydrogen-bond acceptors (Lipinski definition) is 11. The summed E-state index contributed by atoms with van der Waals surface area (Å²) in [5, 5.41) is 17.9. The van der Waals surface area contributed by atoms with E-state index in [2.05, 4.69) is 20.9 Å². The zero-order valence-corrected chi connectivity index (χ0v) is 33.8. The molecule has 0 aliphatic heterocycles. The summed E-state index contributed by atoms with van der Waals surface area (Å²) in [6.45, 7) is 5.12. The molecule has 4 atom stereocenters. The molecule has 0 saturated carbocycles. The monoisotopic (exact) mass is 827 g/mol. The number of carboxylic acids is 1. The number of imide groups is 3. The molecule has 1 heterocycles. The number of aliphatic carboxylic acids is 1. The quantitative estimate of drug-likeness (QED) is 0.0671. The average molecular weight is 828 g/mol. The van der Waals surface area contributed by atoms with E-state index in [0.717, 1.165) is 5.56 Å². The van der Waals surface area contributed by atoms with Gasteiger partial charge in [0.15, 0.2) is 0 Å². The summed E-state index contributed by atoms with van der Waals surface area (Å²) in [6.07, 6.45) is -0.643. The number of H-pyrrole nitrogens is 1. The molecule has 17 nitrogen and oxygen atoms in total. The number of aromatic amines is 1. The Morgan fingerprint density at radius 3 is 2.00 bits per heavy atom. The lowest BCUT2D eigenvalue weighted by Crippen LogP contribution is -2.62.